The first-order valence-corrected chi connectivity index (χ1v) is 42.6. The largest absolute Gasteiger partial charge is 0.743 e. The summed E-state index contributed by atoms with van der Waals surface area (Å²) in [5, 5.41) is -18.3. The molecule has 8 aliphatic rings. The average molecular weight is 1560 g/mol. The molecule has 0 aromatic heterocycles. The van der Waals surface area contributed by atoms with Crippen molar-refractivity contribution in [3.63, 3.8) is 0 Å². The molecule has 572 valence electrons. The topological polar surface area (TPSA) is 211 Å². The van der Waals surface area contributed by atoms with Crippen LogP contribution in [0.15, 0.2) is 199 Å². The van der Waals surface area contributed by atoms with E-state index in [1.807, 2.05) is 0 Å². The van der Waals surface area contributed by atoms with Crippen LogP contribution in [0.2, 0.25) is 0 Å². The predicted octanol–water partition coefficient (Wildman–Crippen LogP) is 15.8. The highest BCUT2D eigenvalue weighted by molar-refractivity contribution is 7.97. The van der Waals surface area contributed by atoms with Gasteiger partial charge in [0.15, 0.2) is 49.6 Å². The second kappa shape index (κ2) is 35.2. The standard InChI is InChI=1S/C28H32NO2S.C24H26NS.C13H18F2O5S.C12H17F6NO5S2/c1-23(22-31-28(30)21-29-19-9-4-10-20-29)24-15-17-27(18-16-24)32(25-11-5-2-6-12-25)26-13-7-3-8-14-26;1-4-12-22(13-5-1)26(23-14-6-2-7-15-23)24-16-10-11-21(19-24)20-25-17-8-3-9-18-25;14-13(15,21(17,18)19)11(16)20-7-12-4-8-1-9(5-12)3-10(2-8)6-12;13-10(14,12(17,18)26(22,23)24)11(15,16)25(20,21)19-6-5-8-3-1-2-4-9(8)7-19/h2-3,5-8,11-18,23H,4,9-10,19-22H2,1H3;1-2,4-7,10-16,19H,3,8-9,17-18,20H2;8-10H,1-7H2,(H,17,18,19);8-9H,1-7H2,(H,22,23,24)/q2*+1;;/p-2. The molecule has 5 aliphatic carbocycles. The van der Waals surface area contributed by atoms with Crippen molar-refractivity contribution in [1.82, 2.24) is 14.1 Å². The summed E-state index contributed by atoms with van der Waals surface area (Å²) in [5.41, 5.74) is 2.34. The molecule has 14 rings (SSSR count). The van der Waals surface area contributed by atoms with E-state index in [-0.39, 0.29) is 68.3 Å². The van der Waals surface area contributed by atoms with Crippen LogP contribution in [-0.4, -0.2) is 141 Å². The molecule has 105 heavy (non-hydrogen) atoms. The van der Waals surface area contributed by atoms with Crippen molar-refractivity contribution in [2.45, 2.75) is 180 Å². The number of hydrogen-bond donors (Lipinski definition) is 0. The van der Waals surface area contributed by atoms with Crippen LogP contribution in [0.25, 0.3) is 0 Å². The van der Waals surface area contributed by atoms with Gasteiger partial charge < -0.3 is 18.6 Å². The van der Waals surface area contributed by atoms with E-state index < -0.39 is 71.0 Å². The van der Waals surface area contributed by atoms with Crippen LogP contribution in [0, 0.1) is 35.0 Å². The zero-order chi connectivity index (χ0) is 75.4. The molecule has 0 N–H and O–H groups in total. The zero-order valence-corrected chi connectivity index (χ0v) is 62.6. The molecular weight excluding hydrogens is 1470 g/mol. The molecule has 28 heteroatoms. The molecule has 3 saturated heterocycles. The molecule has 0 amide bonds. The smallest absolute Gasteiger partial charge is 0.428 e. The van der Waals surface area contributed by atoms with Crippen LogP contribution in [0.3, 0.4) is 0 Å². The van der Waals surface area contributed by atoms with E-state index >= 15 is 0 Å². The molecule has 15 nitrogen and oxygen atoms in total. The van der Waals surface area contributed by atoms with Gasteiger partial charge in [0, 0.05) is 31.0 Å². The van der Waals surface area contributed by atoms with Gasteiger partial charge in [-0.1, -0.05) is 136 Å². The van der Waals surface area contributed by atoms with Gasteiger partial charge in [0.2, 0.25) is 0 Å². The third kappa shape index (κ3) is 19.9. The van der Waals surface area contributed by atoms with E-state index in [0.29, 0.717) is 43.7 Å². The Kier molecular flexibility index (Phi) is 27.3. The molecule has 0 spiro atoms. The number of alkyl halides is 8. The molecule has 6 aromatic carbocycles. The molecule has 6 aromatic rings. The Morgan fingerprint density at radius 2 is 0.943 bits per heavy atom. The minimum atomic E-state index is -7.25. The summed E-state index contributed by atoms with van der Waals surface area (Å²) in [4.78, 5) is 36.4. The number of halogens is 8. The quantitative estimate of drug-likeness (QED) is 0.0268. The normalized spacial score (nSPS) is 22.9. The summed E-state index contributed by atoms with van der Waals surface area (Å²) in [6.45, 7) is 7.22. The SMILES string of the molecule is CC(COC(=O)CN1CCCCC1)c1ccc([S+](c2ccccc2)c2ccccc2)cc1.O=C(OCC12CC3CC(CC(C3)C1)C2)C(F)(F)S(=O)(=O)[O-].O=S(=O)([O-])C(F)(F)C(F)(F)C(F)(F)S(=O)(=O)N1CCC2CCCCC2C1.c1ccc([S+](c2ccccc2)c2cccc(CN3CCCCC3)c2)cc1. The number of ether oxygens (including phenoxy) is 2. The van der Waals surface area contributed by atoms with Gasteiger partial charge in [0.1, 0.15) is 0 Å². The van der Waals surface area contributed by atoms with Crippen molar-refractivity contribution in [2.24, 2.45) is 35.0 Å². The minimum Gasteiger partial charge on any atom is -0.743 e. The third-order valence-corrected chi connectivity index (χ3v) is 29.1. The van der Waals surface area contributed by atoms with Crippen molar-refractivity contribution in [1.29, 1.82) is 0 Å². The van der Waals surface area contributed by atoms with Crippen molar-refractivity contribution in [3.05, 3.63) is 181 Å². The van der Waals surface area contributed by atoms with Crippen molar-refractivity contribution >= 4 is 64.0 Å². The molecule has 3 heterocycles. The van der Waals surface area contributed by atoms with Crippen LogP contribution in [-0.2, 0) is 77.7 Å². The number of sulfonamides is 1. The number of fused-ring (bicyclic) bond motifs is 1. The first-order chi connectivity index (χ1) is 49.8. The summed E-state index contributed by atoms with van der Waals surface area (Å²) in [6, 6.07) is 61.2. The summed E-state index contributed by atoms with van der Waals surface area (Å²) >= 11 is 0. The highest BCUT2D eigenvalue weighted by atomic mass is 32.2. The molecule has 4 bridgehead atoms. The fourth-order valence-corrected chi connectivity index (χ4v) is 22.6. The monoisotopic (exact) mass is 1560 g/mol. The van der Waals surface area contributed by atoms with Crippen LogP contribution in [0.5, 0.6) is 0 Å². The van der Waals surface area contributed by atoms with Gasteiger partial charge in [-0.15, -0.1) is 0 Å². The van der Waals surface area contributed by atoms with Gasteiger partial charge in [0.05, 0.1) is 41.5 Å². The Bertz CT molecular complexity index is 4060. The first kappa shape index (κ1) is 81.6. The lowest BCUT2D eigenvalue weighted by molar-refractivity contribution is -0.247. The summed E-state index contributed by atoms with van der Waals surface area (Å²) in [7, 11) is -19.8. The molecule has 0 radical (unpaired) electrons. The van der Waals surface area contributed by atoms with Crippen molar-refractivity contribution in [2.75, 3.05) is 59.0 Å². The number of hydrogen-bond acceptors (Lipinski definition) is 14. The number of esters is 2. The summed E-state index contributed by atoms with van der Waals surface area (Å²) < 4.78 is 204. The van der Waals surface area contributed by atoms with Crippen LogP contribution in [0.4, 0.5) is 35.1 Å². The first-order valence-electron chi connectivity index (χ1n) is 35.9. The van der Waals surface area contributed by atoms with E-state index in [4.69, 9.17) is 4.74 Å². The van der Waals surface area contributed by atoms with E-state index in [0.717, 1.165) is 71.0 Å². The number of rotatable bonds is 22. The second-order valence-corrected chi connectivity index (χ2v) is 37.7. The van der Waals surface area contributed by atoms with Gasteiger partial charge >= 0.3 is 33.6 Å². The Hall–Kier alpha value is -5.95. The highest BCUT2D eigenvalue weighted by Gasteiger charge is 2.81. The lowest BCUT2D eigenvalue weighted by Crippen LogP contribution is -2.64. The lowest BCUT2D eigenvalue weighted by Gasteiger charge is -2.56. The van der Waals surface area contributed by atoms with Gasteiger partial charge in [-0.05, 0) is 217 Å². The fourth-order valence-electron chi connectivity index (χ4n) is 16.1. The van der Waals surface area contributed by atoms with Gasteiger partial charge in [0.25, 0.3) is 10.0 Å². The Balaban J connectivity index is 0.000000152. The molecular formula is C77H91F8N3O12S5. The average Bonchev–Trinajstić information content (AvgIpc) is 0.714. The Labute approximate surface area is 617 Å². The van der Waals surface area contributed by atoms with Crippen molar-refractivity contribution < 1.29 is 88.5 Å². The van der Waals surface area contributed by atoms with Crippen LogP contribution >= 0.6 is 0 Å². The maximum Gasteiger partial charge on any atom is 0.428 e. The fraction of sp³-hybridized carbons (Fsp3) is 0.506. The second-order valence-electron chi connectivity index (χ2n) is 28.8. The highest BCUT2D eigenvalue weighted by Crippen LogP contribution is 2.60. The number of nitrogens with zero attached hydrogens (tertiary/aromatic N) is 3. The number of piperidine rings is 3. The summed E-state index contributed by atoms with van der Waals surface area (Å²) in [6.07, 6.45) is 16.5. The zero-order valence-electron chi connectivity index (χ0n) is 58.5. The van der Waals surface area contributed by atoms with Crippen LogP contribution < -0.4 is 0 Å². The van der Waals surface area contributed by atoms with E-state index in [9.17, 15) is 79.1 Å². The minimum absolute atomic E-state index is 0.0130. The van der Waals surface area contributed by atoms with E-state index in [1.165, 1.54) is 92.1 Å². The molecule has 8 fully saturated rings. The van der Waals surface area contributed by atoms with Gasteiger partial charge in [-0.2, -0.15) is 39.4 Å². The number of benzene rings is 6. The molecule has 3 atom stereocenters. The van der Waals surface area contributed by atoms with E-state index in [1.54, 1.807) is 0 Å². The molecule has 3 aliphatic heterocycles. The summed E-state index contributed by atoms with van der Waals surface area (Å²) in [5.74, 6) is -7.81. The van der Waals surface area contributed by atoms with Gasteiger partial charge in [-0.3, -0.25) is 14.6 Å². The predicted molar refractivity (Wildman–Crippen MR) is 383 cm³/mol. The number of carbonyl (C=O) groups is 2. The lowest BCUT2D eigenvalue weighted by atomic mass is 9.50. The maximum absolute atomic E-state index is 14.0. The Morgan fingerprint density at radius 1 is 0.505 bits per heavy atom. The van der Waals surface area contributed by atoms with E-state index in [2.05, 4.69) is 191 Å². The molecule has 3 unspecified atom stereocenters. The van der Waals surface area contributed by atoms with Gasteiger partial charge in [-0.25, -0.2) is 30.0 Å². The maximum atomic E-state index is 14.0. The van der Waals surface area contributed by atoms with Crippen molar-refractivity contribution in [3.8, 4) is 0 Å². The third-order valence-electron chi connectivity index (χ3n) is 21.1. The van der Waals surface area contributed by atoms with Crippen LogP contribution in [0.1, 0.15) is 133 Å². The number of likely N-dealkylation sites (tertiary alicyclic amines) is 2. The molecule has 5 saturated carbocycles. The number of carbonyl (C=O) groups excluding carboxylic acids is 2. The Morgan fingerprint density at radius 3 is 1.41 bits per heavy atom.